The molecule has 3 rings (SSSR count). The summed E-state index contributed by atoms with van der Waals surface area (Å²) in [5.41, 5.74) is 1.41. The Morgan fingerprint density at radius 2 is 1.96 bits per heavy atom. The second-order valence-corrected chi connectivity index (χ2v) is 5.46. The lowest BCUT2D eigenvalue weighted by Gasteiger charge is -2.08. The zero-order valence-corrected chi connectivity index (χ0v) is 15.0. The topological polar surface area (TPSA) is 101 Å². The summed E-state index contributed by atoms with van der Waals surface area (Å²) in [5, 5.41) is 4.47. The lowest BCUT2D eigenvalue weighted by atomic mass is 10.2. The van der Waals surface area contributed by atoms with Crippen LogP contribution < -0.4 is 4.74 Å². The molecule has 0 aliphatic rings. The van der Waals surface area contributed by atoms with Crippen molar-refractivity contribution < 1.29 is 19.0 Å². The summed E-state index contributed by atoms with van der Waals surface area (Å²) in [6.07, 6.45) is 4.76. The van der Waals surface area contributed by atoms with E-state index in [9.17, 15) is 4.79 Å². The molecule has 0 amide bonds. The molecule has 3 aromatic rings. The number of hydrogen-bond donors (Lipinski definition) is 0. The maximum absolute atomic E-state index is 10.8. The van der Waals surface area contributed by atoms with Crippen LogP contribution in [0.3, 0.4) is 0 Å². The van der Waals surface area contributed by atoms with Crippen molar-refractivity contribution in [3.63, 3.8) is 0 Å². The smallest absolute Gasteiger partial charge is 0.302 e. The molecule has 0 aliphatic heterocycles. The number of hydrogen-bond acceptors (Lipinski definition) is 8. The van der Waals surface area contributed by atoms with Crippen molar-refractivity contribution in [1.29, 1.82) is 0 Å². The third-order valence-electron chi connectivity index (χ3n) is 3.56. The quantitative estimate of drug-likeness (QED) is 0.439. The molecule has 0 atom stereocenters. The Bertz CT molecular complexity index is 881. The van der Waals surface area contributed by atoms with E-state index in [-0.39, 0.29) is 25.9 Å². The summed E-state index contributed by atoms with van der Waals surface area (Å²) in [7, 11) is 1.61. The molecule has 0 bridgehead atoms. The van der Waals surface area contributed by atoms with Crippen LogP contribution in [0.2, 0.25) is 0 Å². The van der Waals surface area contributed by atoms with Crippen LogP contribution in [0.4, 0.5) is 0 Å². The number of esters is 1. The first-order valence-electron chi connectivity index (χ1n) is 8.24. The fraction of sp³-hybridized carbons (Fsp3) is 0.278. The summed E-state index contributed by atoms with van der Waals surface area (Å²) in [6.45, 7) is 1.93. The van der Waals surface area contributed by atoms with Crippen molar-refractivity contribution in [2.24, 2.45) is 0 Å². The molecule has 9 heteroatoms. The van der Waals surface area contributed by atoms with Crippen molar-refractivity contribution >= 4 is 5.97 Å². The lowest BCUT2D eigenvalue weighted by molar-refractivity contribution is -0.142. The van der Waals surface area contributed by atoms with Crippen molar-refractivity contribution in [1.82, 2.24) is 24.7 Å². The maximum atomic E-state index is 10.8. The van der Waals surface area contributed by atoms with Gasteiger partial charge in [0, 0.05) is 24.9 Å². The van der Waals surface area contributed by atoms with E-state index < -0.39 is 0 Å². The minimum Gasteiger partial charge on any atom is -0.497 e. The van der Waals surface area contributed by atoms with E-state index in [2.05, 4.69) is 20.1 Å². The Kier molecular flexibility index (Phi) is 6.06. The largest absolute Gasteiger partial charge is 0.497 e. The highest BCUT2D eigenvalue weighted by molar-refractivity contribution is 5.65. The van der Waals surface area contributed by atoms with Gasteiger partial charge in [0.05, 0.1) is 19.9 Å². The molecule has 0 spiro atoms. The molecule has 0 saturated heterocycles. The summed E-state index contributed by atoms with van der Waals surface area (Å²) >= 11 is 0. The van der Waals surface area contributed by atoms with Crippen LogP contribution >= 0.6 is 0 Å². The molecule has 27 heavy (non-hydrogen) atoms. The van der Waals surface area contributed by atoms with Gasteiger partial charge in [-0.3, -0.25) is 9.78 Å². The van der Waals surface area contributed by atoms with Gasteiger partial charge in [-0.1, -0.05) is 0 Å². The Hall–Kier alpha value is -3.33. The van der Waals surface area contributed by atoms with Crippen molar-refractivity contribution in [3.05, 3.63) is 42.9 Å². The molecular weight excluding hydrogens is 350 g/mol. The molecular formula is C18H19N5O4. The molecule has 140 valence electrons. The van der Waals surface area contributed by atoms with E-state index in [1.807, 2.05) is 24.3 Å². The molecule has 0 saturated carbocycles. The van der Waals surface area contributed by atoms with E-state index in [0.29, 0.717) is 17.3 Å². The number of aromatic nitrogens is 5. The predicted molar refractivity (Wildman–Crippen MR) is 95.6 cm³/mol. The molecule has 0 unspecified atom stereocenters. The van der Waals surface area contributed by atoms with Gasteiger partial charge < -0.3 is 14.2 Å². The van der Waals surface area contributed by atoms with E-state index >= 15 is 0 Å². The fourth-order valence-electron chi connectivity index (χ4n) is 2.30. The van der Waals surface area contributed by atoms with Crippen LogP contribution in [0.5, 0.6) is 5.75 Å². The molecule has 0 aliphatic carbocycles. The number of ether oxygens (including phenoxy) is 3. The fourth-order valence-corrected chi connectivity index (χ4v) is 2.30. The van der Waals surface area contributed by atoms with Crippen molar-refractivity contribution in [2.45, 2.75) is 13.7 Å². The first-order chi connectivity index (χ1) is 13.2. The number of carbonyl (C=O) groups is 1. The number of benzene rings is 1. The maximum Gasteiger partial charge on any atom is 0.302 e. The van der Waals surface area contributed by atoms with Crippen LogP contribution in [-0.2, 0) is 21.0 Å². The van der Waals surface area contributed by atoms with Gasteiger partial charge in [-0.2, -0.15) is 0 Å². The van der Waals surface area contributed by atoms with Crippen LogP contribution in [0.1, 0.15) is 6.92 Å². The Morgan fingerprint density at radius 3 is 2.63 bits per heavy atom. The van der Waals surface area contributed by atoms with Crippen LogP contribution in [0, 0.1) is 0 Å². The minimum absolute atomic E-state index is 0.149. The van der Waals surface area contributed by atoms with Gasteiger partial charge in [0.1, 0.15) is 24.8 Å². The van der Waals surface area contributed by atoms with Crippen LogP contribution in [-0.4, -0.2) is 51.0 Å². The van der Waals surface area contributed by atoms with E-state index in [0.717, 1.165) is 11.3 Å². The van der Waals surface area contributed by atoms with Gasteiger partial charge in [-0.25, -0.2) is 14.6 Å². The van der Waals surface area contributed by atoms with Gasteiger partial charge in [-0.05, 0) is 24.3 Å². The molecule has 9 nitrogen and oxygen atoms in total. The molecule has 0 N–H and O–H groups in total. The summed E-state index contributed by atoms with van der Waals surface area (Å²) in [4.78, 5) is 23.7. The molecule has 2 aromatic heterocycles. The van der Waals surface area contributed by atoms with Gasteiger partial charge in [0.25, 0.3) is 0 Å². The summed E-state index contributed by atoms with van der Waals surface area (Å²) in [5.74, 6) is 1.46. The highest BCUT2D eigenvalue weighted by Gasteiger charge is 2.15. The molecule has 1 aromatic carbocycles. The molecule has 0 fully saturated rings. The zero-order valence-electron chi connectivity index (χ0n) is 15.0. The highest BCUT2D eigenvalue weighted by Crippen LogP contribution is 2.23. The number of methoxy groups -OCH3 is 1. The summed E-state index contributed by atoms with van der Waals surface area (Å²) < 4.78 is 17.2. The van der Waals surface area contributed by atoms with E-state index in [4.69, 9.17) is 14.2 Å². The Balaban J connectivity index is 1.82. The second kappa shape index (κ2) is 8.86. The van der Waals surface area contributed by atoms with E-state index in [1.54, 1.807) is 30.4 Å². The third-order valence-corrected chi connectivity index (χ3v) is 3.56. The molecule has 2 heterocycles. The average Bonchev–Trinajstić information content (AvgIpc) is 3.12. The normalized spacial score (nSPS) is 10.6. The number of rotatable bonds is 8. The van der Waals surface area contributed by atoms with Gasteiger partial charge >= 0.3 is 5.97 Å². The molecule has 0 radical (unpaired) electrons. The van der Waals surface area contributed by atoms with Crippen molar-refractivity contribution in [3.8, 4) is 28.7 Å². The Morgan fingerprint density at radius 1 is 1.15 bits per heavy atom. The highest BCUT2D eigenvalue weighted by atomic mass is 16.6. The number of carbonyl (C=O) groups excluding carboxylic acids is 1. The number of nitrogens with zero attached hydrogens (tertiary/aromatic N) is 5. The SMILES string of the molecule is COc1ccc(-c2nc(-c3cnccn3)nn2COCCOC(C)=O)cc1. The third kappa shape index (κ3) is 4.85. The monoisotopic (exact) mass is 369 g/mol. The first-order valence-corrected chi connectivity index (χ1v) is 8.24. The van der Waals surface area contributed by atoms with Crippen LogP contribution in [0.15, 0.2) is 42.9 Å². The van der Waals surface area contributed by atoms with E-state index in [1.165, 1.54) is 6.92 Å². The summed E-state index contributed by atoms with van der Waals surface area (Å²) in [6, 6.07) is 7.47. The predicted octanol–water partition coefficient (Wildman–Crippen LogP) is 1.95. The van der Waals surface area contributed by atoms with Crippen molar-refractivity contribution in [2.75, 3.05) is 20.3 Å². The lowest BCUT2D eigenvalue weighted by Crippen LogP contribution is -2.12. The van der Waals surface area contributed by atoms with Crippen LogP contribution in [0.25, 0.3) is 22.9 Å². The minimum atomic E-state index is -0.344. The first kappa shape index (κ1) is 18.5. The standard InChI is InChI=1S/C18H19N5O4/c1-13(24)27-10-9-26-12-23-18(14-3-5-15(25-2)6-4-14)21-17(22-23)16-11-19-7-8-20-16/h3-8,11H,9-10,12H2,1-2H3. The second-order valence-electron chi connectivity index (χ2n) is 5.46. The van der Waals surface area contributed by atoms with Gasteiger partial charge in [-0.15, -0.1) is 5.10 Å². The van der Waals surface area contributed by atoms with Gasteiger partial charge in [0.15, 0.2) is 5.82 Å². The van der Waals surface area contributed by atoms with Gasteiger partial charge in [0.2, 0.25) is 5.82 Å². The average molecular weight is 369 g/mol. The zero-order chi connectivity index (χ0) is 19.1. The Labute approximate surface area is 156 Å².